The fraction of sp³-hybridized carbons (Fsp3) is 0.846. The van der Waals surface area contributed by atoms with Gasteiger partial charge in [-0.25, -0.2) is 4.98 Å². The van der Waals surface area contributed by atoms with Crippen LogP contribution >= 0.6 is 11.5 Å². The molecule has 1 aliphatic rings. The van der Waals surface area contributed by atoms with Crippen LogP contribution in [0.15, 0.2) is 0 Å². The fourth-order valence-electron chi connectivity index (χ4n) is 2.72. The molecular formula is C13H23N3O2S. The second-order valence-corrected chi connectivity index (χ2v) is 5.99. The molecule has 0 spiro atoms. The monoisotopic (exact) mass is 285 g/mol. The van der Waals surface area contributed by atoms with Crippen molar-refractivity contribution in [3.63, 3.8) is 0 Å². The lowest BCUT2D eigenvalue weighted by molar-refractivity contribution is -0.0637. The Hall–Kier alpha value is -0.720. The van der Waals surface area contributed by atoms with Crippen LogP contribution in [0.25, 0.3) is 0 Å². The van der Waals surface area contributed by atoms with E-state index in [0.717, 1.165) is 30.3 Å². The van der Waals surface area contributed by atoms with Crippen LogP contribution in [0.4, 0.5) is 5.13 Å². The molecule has 2 rings (SSSR count). The summed E-state index contributed by atoms with van der Waals surface area (Å²) in [5.41, 5.74) is -0.282. The highest BCUT2D eigenvalue weighted by Crippen LogP contribution is 2.41. The number of hydrogen-bond acceptors (Lipinski definition) is 6. The van der Waals surface area contributed by atoms with Crippen molar-refractivity contribution < 1.29 is 9.47 Å². The Morgan fingerprint density at radius 3 is 3.00 bits per heavy atom. The Kier molecular flexibility index (Phi) is 5.13. The molecule has 19 heavy (non-hydrogen) atoms. The van der Waals surface area contributed by atoms with E-state index in [1.165, 1.54) is 24.4 Å². The van der Waals surface area contributed by atoms with Crippen LogP contribution in [0.5, 0.6) is 0 Å². The molecule has 6 heteroatoms. The molecule has 108 valence electrons. The number of methoxy groups -OCH3 is 2. The molecule has 1 N–H and O–H groups in total. The normalized spacial score (nSPS) is 27.4. The lowest BCUT2D eigenvalue weighted by Gasteiger charge is -2.36. The molecule has 1 heterocycles. The van der Waals surface area contributed by atoms with Gasteiger partial charge in [-0.3, -0.25) is 0 Å². The smallest absolute Gasteiger partial charge is 0.202 e. The summed E-state index contributed by atoms with van der Waals surface area (Å²) in [6, 6.07) is 0. The number of aromatic nitrogens is 2. The van der Waals surface area contributed by atoms with Crippen LogP contribution in [0.3, 0.4) is 0 Å². The van der Waals surface area contributed by atoms with Crippen molar-refractivity contribution in [3.8, 4) is 0 Å². The molecule has 1 fully saturated rings. The van der Waals surface area contributed by atoms with E-state index in [-0.39, 0.29) is 5.60 Å². The van der Waals surface area contributed by atoms with Crippen LogP contribution < -0.4 is 5.32 Å². The van der Waals surface area contributed by atoms with E-state index in [4.69, 9.17) is 9.47 Å². The third-order valence-corrected chi connectivity index (χ3v) is 4.44. The summed E-state index contributed by atoms with van der Waals surface area (Å²) in [6.45, 7) is 3.69. The first-order valence-corrected chi connectivity index (χ1v) is 7.59. The van der Waals surface area contributed by atoms with Gasteiger partial charge in [-0.15, -0.1) is 0 Å². The highest BCUT2D eigenvalue weighted by molar-refractivity contribution is 7.09. The van der Waals surface area contributed by atoms with Gasteiger partial charge in [0.1, 0.15) is 5.60 Å². The highest BCUT2D eigenvalue weighted by Gasteiger charge is 2.40. The van der Waals surface area contributed by atoms with E-state index >= 15 is 0 Å². The zero-order chi connectivity index (χ0) is 13.7. The third kappa shape index (κ3) is 3.43. The molecule has 0 aliphatic heterocycles. The average Bonchev–Trinajstić information content (AvgIpc) is 2.88. The van der Waals surface area contributed by atoms with Gasteiger partial charge in [0.15, 0.2) is 5.82 Å². The summed E-state index contributed by atoms with van der Waals surface area (Å²) in [6.07, 6.45) is 4.48. The number of hydrogen-bond donors (Lipinski definition) is 1. The second-order valence-electron chi connectivity index (χ2n) is 5.24. The highest BCUT2D eigenvalue weighted by atomic mass is 32.1. The van der Waals surface area contributed by atoms with E-state index in [9.17, 15) is 0 Å². The van der Waals surface area contributed by atoms with Crippen molar-refractivity contribution in [2.45, 2.75) is 38.2 Å². The Morgan fingerprint density at radius 1 is 1.47 bits per heavy atom. The molecule has 0 amide bonds. The first-order valence-electron chi connectivity index (χ1n) is 6.82. The standard InChI is InChI=1S/C13H23N3O2S/c1-10-5-4-6-13(9-10,18-3)11-15-12(19-16-11)14-7-8-17-2/h10H,4-9H2,1-3H3,(H,14,15,16). The molecule has 0 saturated heterocycles. The van der Waals surface area contributed by atoms with Gasteiger partial charge in [0.2, 0.25) is 5.13 Å². The van der Waals surface area contributed by atoms with Gasteiger partial charge in [-0.2, -0.15) is 4.37 Å². The Labute approximate surface area is 118 Å². The zero-order valence-electron chi connectivity index (χ0n) is 11.9. The first-order chi connectivity index (χ1) is 9.20. The van der Waals surface area contributed by atoms with Gasteiger partial charge in [0.05, 0.1) is 6.61 Å². The molecular weight excluding hydrogens is 262 g/mol. The van der Waals surface area contributed by atoms with Crippen molar-refractivity contribution in [1.82, 2.24) is 9.36 Å². The topological polar surface area (TPSA) is 56.3 Å². The van der Waals surface area contributed by atoms with Crippen LogP contribution in [0.1, 0.15) is 38.4 Å². The lowest BCUT2D eigenvalue weighted by atomic mass is 9.78. The summed E-state index contributed by atoms with van der Waals surface area (Å²) in [5.74, 6) is 1.51. The van der Waals surface area contributed by atoms with E-state index in [1.54, 1.807) is 14.2 Å². The van der Waals surface area contributed by atoms with E-state index in [1.807, 2.05) is 0 Å². The largest absolute Gasteiger partial charge is 0.383 e. The molecule has 2 unspecified atom stereocenters. The minimum atomic E-state index is -0.282. The molecule has 0 bridgehead atoms. The van der Waals surface area contributed by atoms with Gasteiger partial charge < -0.3 is 14.8 Å². The minimum absolute atomic E-state index is 0.282. The Morgan fingerprint density at radius 2 is 2.32 bits per heavy atom. The van der Waals surface area contributed by atoms with Crippen LogP contribution in [-0.2, 0) is 15.1 Å². The maximum Gasteiger partial charge on any atom is 0.202 e. The van der Waals surface area contributed by atoms with Crippen molar-refractivity contribution in [2.24, 2.45) is 5.92 Å². The third-order valence-electron chi connectivity index (χ3n) is 3.76. The van der Waals surface area contributed by atoms with Crippen LogP contribution in [0, 0.1) is 5.92 Å². The summed E-state index contributed by atoms with van der Waals surface area (Å²) >= 11 is 1.40. The quantitative estimate of drug-likeness (QED) is 0.814. The van der Waals surface area contributed by atoms with Gasteiger partial charge >= 0.3 is 0 Å². The van der Waals surface area contributed by atoms with Crippen molar-refractivity contribution in [2.75, 3.05) is 32.7 Å². The second kappa shape index (κ2) is 6.63. The van der Waals surface area contributed by atoms with Crippen molar-refractivity contribution in [3.05, 3.63) is 5.82 Å². The maximum absolute atomic E-state index is 5.80. The van der Waals surface area contributed by atoms with Crippen molar-refractivity contribution >= 4 is 16.7 Å². The number of nitrogens with one attached hydrogen (secondary N) is 1. The lowest BCUT2D eigenvalue weighted by Crippen LogP contribution is -2.35. The number of rotatable bonds is 6. The zero-order valence-corrected chi connectivity index (χ0v) is 12.8. The molecule has 1 saturated carbocycles. The summed E-state index contributed by atoms with van der Waals surface area (Å²) in [7, 11) is 3.47. The predicted molar refractivity (Wildman–Crippen MR) is 76.6 cm³/mol. The fourth-order valence-corrected chi connectivity index (χ4v) is 3.40. The number of ether oxygens (including phenoxy) is 2. The molecule has 5 nitrogen and oxygen atoms in total. The van der Waals surface area contributed by atoms with Crippen molar-refractivity contribution in [1.29, 1.82) is 0 Å². The minimum Gasteiger partial charge on any atom is -0.383 e. The van der Waals surface area contributed by atoms with Gasteiger partial charge in [-0.1, -0.05) is 13.3 Å². The van der Waals surface area contributed by atoms with E-state index < -0.39 is 0 Å². The molecule has 1 aliphatic carbocycles. The first kappa shape index (κ1) is 14.7. The number of nitrogens with zero attached hydrogens (tertiary/aromatic N) is 2. The van der Waals surface area contributed by atoms with Crippen LogP contribution in [-0.4, -0.2) is 36.7 Å². The predicted octanol–water partition coefficient (Wildman–Crippen LogP) is 2.65. The van der Waals surface area contributed by atoms with E-state index in [2.05, 4.69) is 21.6 Å². The van der Waals surface area contributed by atoms with E-state index in [0.29, 0.717) is 12.5 Å². The number of anilines is 1. The molecule has 1 aromatic rings. The Balaban J connectivity index is 2.06. The van der Waals surface area contributed by atoms with Gasteiger partial charge in [0, 0.05) is 32.3 Å². The summed E-state index contributed by atoms with van der Waals surface area (Å²) in [5, 5.41) is 4.07. The summed E-state index contributed by atoms with van der Waals surface area (Å²) in [4.78, 5) is 4.60. The maximum atomic E-state index is 5.80. The molecule has 0 radical (unpaired) electrons. The average molecular weight is 285 g/mol. The van der Waals surface area contributed by atoms with Gasteiger partial charge in [-0.05, 0) is 25.2 Å². The molecule has 2 atom stereocenters. The summed E-state index contributed by atoms with van der Waals surface area (Å²) < 4.78 is 15.3. The SMILES string of the molecule is COCCNc1nc(C2(OC)CCCC(C)C2)ns1. The Bertz CT molecular complexity index is 399. The molecule has 1 aromatic heterocycles. The van der Waals surface area contributed by atoms with Gasteiger partial charge in [0.25, 0.3) is 0 Å². The van der Waals surface area contributed by atoms with Crippen LogP contribution in [0.2, 0.25) is 0 Å². The molecule has 0 aromatic carbocycles.